The molecule has 0 saturated heterocycles. The summed E-state index contributed by atoms with van der Waals surface area (Å²) in [7, 11) is 0. The quantitative estimate of drug-likeness (QED) is 0.754. The van der Waals surface area contributed by atoms with Gasteiger partial charge < -0.3 is 0 Å². The largest absolute Gasteiger partial charge is 0.265 e. The van der Waals surface area contributed by atoms with Crippen LogP contribution in [0.5, 0.6) is 0 Å². The fourth-order valence-corrected chi connectivity index (χ4v) is 1.61. The molecule has 0 aliphatic rings. The predicted molar refractivity (Wildman–Crippen MR) is 57.3 cm³/mol. The van der Waals surface area contributed by atoms with Crippen LogP contribution in [0.15, 0.2) is 47.2 Å². The van der Waals surface area contributed by atoms with Crippen LogP contribution >= 0.6 is 15.9 Å². The van der Waals surface area contributed by atoms with Crippen LogP contribution in [-0.4, -0.2) is 4.98 Å². The van der Waals surface area contributed by atoms with Crippen molar-refractivity contribution in [2.24, 2.45) is 0 Å². The van der Waals surface area contributed by atoms with Crippen LogP contribution in [-0.2, 0) is 0 Å². The van der Waals surface area contributed by atoms with Crippen molar-refractivity contribution in [2.45, 2.75) is 0 Å². The van der Waals surface area contributed by atoms with Gasteiger partial charge in [0.15, 0.2) is 0 Å². The van der Waals surface area contributed by atoms with Crippen molar-refractivity contribution in [3.8, 4) is 11.1 Å². The van der Waals surface area contributed by atoms with Gasteiger partial charge in [-0.25, -0.2) is 4.39 Å². The Hall–Kier alpha value is -1.22. The van der Waals surface area contributed by atoms with Crippen molar-refractivity contribution >= 4 is 15.9 Å². The minimum Gasteiger partial charge on any atom is -0.265 e. The molecule has 1 aromatic heterocycles. The number of rotatable bonds is 1. The Bertz CT molecular complexity index is 442. The van der Waals surface area contributed by atoms with Crippen LogP contribution in [0, 0.1) is 5.82 Å². The lowest BCUT2D eigenvalue weighted by Gasteiger charge is -2.02. The molecule has 0 radical (unpaired) electrons. The van der Waals surface area contributed by atoms with E-state index in [0.717, 1.165) is 10.0 Å². The lowest BCUT2D eigenvalue weighted by molar-refractivity contribution is 0.631. The minimum absolute atomic E-state index is 0.223. The summed E-state index contributed by atoms with van der Waals surface area (Å²) in [5.41, 5.74) is 1.42. The summed E-state index contributed by atoms with van der Waals surface area (Å²) < 4.78 is 14.3. The van der Waals surface area contributed by atoms with Crippen LogP contribution < -0.4 is 0 Å². The molecule has 2 aromatic rings. The van der Waals surface area contributed by atoms with Gasteiger partial charge in [0, 0.05) is 22.4 Å². The van der Waals surface area contributed by atoms with E-state index >= 15 is 0 Å². The van der Waals surface area contributed by atoms with Crippen molar-refractivity contribution in [3.63, 3.8) is 0 Å². The Morgan fingerprint density at radius 2 is 1.79 bits per heavy atom. The average molecular weight is 252 g/mol. The van der Waals surface area contributed by atoms with Gasteiger partial charge in [0.2, 0.25) is 0 Å². The Balaban J connectivity index is 2.57. The van der Waals surface area contributed by atoms with Crippen LogP contribution in [0.4, 0.5) is 4.39 Å². The molecule has 3 heteroatoms. The highest BCUT2D eigenvalue weighted by atomic mass is 79.9. The highest BCUT2D eigenvalue weighted by Crippen LogP contribution is 2.25. The van der Waals surface area contributed by atoms with E-state index in [1.807, 2.05) is 0 Å². The van der Waals surface area contributed by atoms with Gasteiger partial charge in [-0.3, -0.25) is 4.98 Å². The Kier molecular flexibility index (Phi) is 2.59. The minimum atomic E-state index is -0.223. The monoisotopic (exact) mass is 251 g/mol. The lowest BCUT2D eigenvalue weighted by Crippen LogP contribution is -1.84. The molecule has 0 fully saturated rings. The van der Waals surface area contributed by atoms with E-state index in [-0.39, 0.29) is 5.82 Å². The molecule has 0 aliphatic carbocycles. The number of halogens is 2. The zero-order valence-electron chi connectivity index (χ0n) is 7.24. The van der Waals surface area contributed by atoms with Crippen molar-refractivity contribution < 1.29 is 4.39 Å². The van der Waals surface area contributed by atoms with Crippen molar-refractivity contribution in [1.29, 1.82) is 0 Å². The first kappa shape index (κ1) is 9.34. The van der Waals surface area contributed by atoms with Crippen molar-refractivity contribution in [1.82, 2.24) is 4.98 Å². The van der Waals surface area contributed by atoms with Gasteiger partial charge in [-0.15, -0.1) is 0 Å². The highest BCUT2D eigenvalue weighted by molar-refractivity contribution is 9.10. The van der Waals surface area contributed by atoms with Gasteiger partial charge in [0.05, 0.1) is 0 Å². The lowest BCUT2D eigenvalue weighted by atomic mass is 10.1. The summed E-state index contributed by atoms with van der Waals surface area (Å²) in [6.45, 7) is 0. The Morgan fingerprint density at radius 1 is 1.07 bits per heavy atom. The molecule has 0 amide bonds. The van der Waals surface area contributed by atoms with E-state index in [4.69, 9.17) is 0 Å². The van der Waals surface area contributed by atoms with Crippen LogP contribution in [0.3, 0.4) is 0 Å². The molecule has 1 aromatic carbocycles. The molecular formula is C11H7BrFN. The van der Waals surface area contributed by atoms with Gasteiger partial charge in [-0.2, -0.15) is 0 Å². The smallest absolute Gasteiger partial charge is 0.131 e. The summed E-state index contributed by atoms with van der Waals surface area (Å²) in [6.07, 6.45) is 3.30. The molecule has 1 heterocycles. The van der Waals surface area contributed by atoms with E-state index in [9.17, 15) is 4.39 Å². The molecule has 0 atom stereocenters. The molecule has 70 valence electrons. The molecule has 2 rings (SSSR count). The van der Waals surface area contributed by atoms with E-state index in [1.54, 1.807) is 36.7 Å². The summed E-state index contributed by atoms with van der Waals surface area (Å²) in [4.78, 5) is 3.89. The second-order valence-electron chi connectivity index (χ2n) is 2.86. The van der Waals surface area contributed by atoms with Crippen LogP contribution in [0.2, 0.25) is 0 Å². The topological polar surface area (TPSA) is 12.9 Å². The third kappa shape index (κ3) is 1.82. The summed E-state index contributed by atoms with van der Waals surface area (Å²) in [5.74, 6) is -0.223. The first-order chi connectivity index (χ1) is 6.77. The number of hydrogen-bond acceptors (Lipinski definition) is 1. The fraction of sp³-hybridized carbons (Fsp3) is 0. The van der Waals surface area contributed by atoms with Gasteiger partial charge >= 0.3 is 0 Å². The number of aromatic nitrogens is 1. The van der Waals surface area contributed by atoms with Gasteiger partial charge in [0.1, 0.15) is 5.82 Å². The first-order valence-electron chi connectivity index (χ1n) is 4.13. The first-order valence-corrected chi connectivity index (χ1v) is 4.92. The summed E-state index contributed by atoms with van der Waals surface area (Å²) in [5, 5.41) is 0. The molecule has 1 nitrogen and oxygen atoms in total. The molecule has 14 heavy (non-hydrogen) atoms. The Morgan fingerprint density at radius 3 is 2.50 bits per heavy atom. The number of benzene rings is 1. The summed E-state index contributed by atoms with van der Waals surface area (Å²) in [6, 6.07) is 8.44. The standard InChI is InChI=1S/C11H7BrFN/c12-9-1-2-11(13)10(7-9)8-3-5-14-6-4-8/h1-7H. The van der Waals surface area contributed by atoms with Gasteiger partial charge in [-0.1, -0.05) is 15.9 Å². The van der Waals surface area contributed by atoms with Crippen molar-refractivity contribution in [2.75, 3.05) is 0 Å². The molecular weight excluding hydrogens is 245 g/mol. The third-order valence-corrected chi connectivity index (χ3v) is 2.41. The van der Waals surface area contributed by atoms with E-state index in [1.165, 1.54) is 6.07 Å². The maximum Gasteiger partial charge on any atom is 0.131 e. The van der Waals surface area contributed by atoms with Gasteiger partial charge in [0.25, 0.3) is 0 Å². The normalized spacial score (nSPS) is 10.1. The van der Waals surface area contributed by atoms with Crippen LogP contribution in [0.1, 0.15) is 0 Å². The second kappa shape index (κ2) is 3.88. The Labute approximate surface area is 89.7 Å². The van der Waals surface area contributed by atoms with E-state index in [0.29, 0.717) is 5.56 Å². The molecule has 0 aliphatic heterocycles. The molecule has 0 spiro atoms. The van der Waals surface area contributed by atoms with Crippen LogP contribution in [0.25, 0.3) is 11.1 Å². The SMILES string of the molecule is Fc1ccc(Br)cc1-c1ccncc1. The third-order valence-electron chi connectivity index (χ3n) is 1.92. The molecule has 0 unspecified atom stereocenters. The fourth-order valence-electron chi connectivity index (χ4n) is 1.25. The average Bonchev–Trinajstić information content (AvgIpc) is 2.23. The zero-order chi connectivity index (χ0) is 9.97. The molecule has 0 saturated carbocycles. The predicted octanol–water partition coefficient (Wildman–Crippen LogP) is 3.65. The number of pyridine rings is 1. The number of hydrogen-bond donors (Lipinski definition) is 0. The van der Waals surface area contributed by atoms with E-state index < -0.39 is 0 Å². The van der Waals surface area contributed by atoms with Gasteiger partial charge in [-0.05, 0) is 35.9 Å². The maximum atomic E-state index is 13.4. The highest BCUT2D eigenvalue weighted by Gasteiger charge is 2.04. The van der Waals surface area contributed by atoms with Crippen molar-refractivity contribution in [3.05, 3.63) is 53.0 Å². The zero-order valence-corrected chi connectivity index (χ0v) is 8.83. The van der Waals surface area contributed by atoms with E-state index in [2.05, 4.69) is 20.9 Å². The number of nitrogens with zero attached hydrogens (tertiary/aromatic N) is 1. The molecule has 0 N–H and O–H groups in total. The maximum absolute atomic E-state index is 13.4. The summed E-state index contributed by atoms with van der Waals surface area (Å²) >= 11 is 3.31. The molecule has 0 bridgehead atoms. The second-order valence-corrected chi connectivity index (χ2v) is 3.78.